The van der Waals surface area contributed by atoms with Gasteiger partial charge in [0.15, 0.2) is 12.2 Å². The van der Waals surface area contributed by atoms with Gasteiger partial charge in [0, 0.05) is 16.6 Å². The Morgan fingerprint density at radius 1 is 1.47 bits per heavy atom. The summed E-state index contributed by atoms with van der Waals surface area (Å²) in [6.45, 7) is 2.42. The van der Waals surface area contributed by atoms with Crippen molar-refractivity contribution in [3.05, 3.63) is 40.3 Å². The maximum atomic E-state index is 5.58. The molecular formula is C11H11BrN2O. The molecule has 0 fully saturated rings. The first-order valence-corrected chi connectivity index (χ1v) is 5.40. The number of benzene rings is 1. The molecule has 0 aliphatic heterocycles. The third-order valence-corrected chi connectivity index (χ3v) is 2.89. The number of aryl methyl sites for hydroxylation is 1. The van der Waals surface area contributed by atoms with E-state index in [-0.39, 0.29) is 0 Å². The summed E-state index contributed by atoms with van der Waals surface area (Å²) in [4.78, 5) is 4.07. The average molecular weight is 267 g/mol. The fourth-order valence-corrected chi connectivity index (χ4v) is 1.87. The van der Waals surface area contributed by atoms with Crippen molar-refractivity contribution in [2.45, 2.75) is 13.5 Å². The van der Waals surface area contributed by atoms with E-state index in [1.807, 2.05) is 25.1 Å². The zero-order valence-corrected chi connectivity index (χ0v) is 9.91. The van der Waals surface area contributed by atoms with Crippen LogP contribution in [0.1, 0.15) is 11.3 Å². The van der Waals surface area contributed by atoms with Crippen LogP contribution in [0.25, 0.3) is 11.3 Å². The normalized spacial score (nSPS) is 10.6. The highest BCUT2D eigenvalue weighted by molar-refractivity contribution is 9.10. The topological polar surface area (TPSA) is 52.0 Å². The molecule has 2 rings (SSSR count). The molecule has 0 unspecified atom stereocenters. The molecule has 1 aromatic carbocycles. The molecule has 0 bridgehead atoms. The van der Waals surface area contributed by atoms with Gasteiger partial charge >= 0.3 is 0 Å². The monoisotopic (exact) mass is 266 g/mol. The van der Waals surface area contributed by atoms with E-state index in [0.29, 0.717) is 6.54 Å². The van der Waals surface area contributed by atoms with Crippen molar-refractivity contribution in [3.63, 3.8) is 0 Å². The van der Waals surface area contributed by atoms with Crippen molar-refractivity contribution >= 4 is 15.9 Å². The average Bonchev–Trinajstić information content (AvgIpc) is 2.69. The van der Waals surface area contributed by atoms with Gasteiger partial charge in [0.2, 0.25) is 0 Å². The summed E-state index contributed by atoms with van der Waals surface area (Å²) in [6, 6.07) is 6.07. The summed E-state index contributed by atoms with van der Waals surface area (Å²) < 4.78 is 6.34. The standard InChI is InChI=1S/C11H11BrN2O/c1-7-2-3-9(12)8(4-7)11-10(5-13)14-6-15-11/h2-4,6H,5,13H2,1H3. The maximum absolute atomic E-state index is 5.58. The Bertz CT molecular complexity index is 479. The van der Waals surface area contributed by atoms with Crippen molar-refractivity contribution in [2.75, 3.05) is 0 Å². The Labute approximate surface area is 96.4 Å². The molecule has 1 aromatic heterocycles. The molecule has 0 atom stereocenters. The smallest absolute Gasteiger partial charge is 0.181 e. The van der Waals surface area contributed by atoms with Crippen molar-refractivity contribution in [1.82, 2.24) is 4.98 Å². The molecule has 0 aliphatic carbocycles. The molecule has 2 aromatic rings. The summed E-state index contributed by atoms with van der Waals surface area (Å²) in [6.07, 6.45) is 1.42. The van der Waals surface area contributed by atoms with E-state index in [0.717, 1.165) is 21.5 Å². The number of hydrogen-bond acceptors (Lipinski definition) is 3. The van der Waals surface area contributed by atoms with Gasteiger partial charge in [0.05, 0.1) is 0 Å². The summed E-state index contributed by atoms with van der Waals surface area (Å²) in [5.74, 6) is 0.744. The molecule has 2 N–H and O–H groups in total. The van der Waals surface area contributed by atoms with Gasteiger partial charge in [0.25, 0.3) is 0 Å². The second kappa shape index (κ2) is 4.16. The molecule has 15 heavy (non-hydrogen) atoms. The van der Waals surface area contributed by atoms with Gasteiger partial charge < -0.3 is 10.2 Å². The molecule has 78 valence electrons. The Morgan fingerprint density at radius 3 is 3.00 bits per heavy atom. The first kappa shape index (κ1) is 10.4. The summed E-state index contributed by atoms with van der Waals surface area (Å²) in [5, 5.41) is 0. The molecule has 0 saturated carbocycles. The maximum Gasteiger partial charge on any atom is 0.181 e. The summed E-state index contributed by atoms with van der Waals surface area (Å²) in [7, 11) is 0. The van der Waals surface area contributed by atoms with E-state index < -0.39 is 0 Å². The molecular weight excluding hydrogens is 256 g/mol. The van der Waals surface area contributed by atoms with E-state index >= 15 is 0 Å². The molecule has 0 saturated heterocycles. The third kappa shape index (κ3) is 1.96. The summed E-state index contributed by atoms with van der Waals surface area (Å²) >= 11 is 3.49. The fraction of sp³-hybridized carbons (Fsp3) is 0.182. The molecule has 1 heterocycles. The van der Waals surface area contributed by atoms with Gasteiger partial charge in [-0.2, -0.15) is 0 Å². The Hall–Kier alpha value is -1.13. The zero-order valence-electron chi connectivity index (χ0n) is 8.33. The van der Waals surface area contributed by atoms with Crippen molar-refractivity contribution in [3.8, 4) is 11.3 Å². The van der Waals surface area contributed by atoms with E-state index in [1.54, 1.807) is 0 Å². The van der Waals surface area contributed by atoms with Crippen molar-refractivity contribution in [1.29, 1.82) is 0 Å². The molecule has 0 aliphatic rings. The molecule has 4 heteroatoms. The highest BCUT2D eigenvalue weighted by atomic mass is 79.9. The van der Waals surface area contributed by atoms with Crippen LogP contribution in [0.3, 0.4) is 0 Å². The van der Waals surface area contributed by atoms with Crippen LogP contribution in [0.15, 0.2) is 33.5 Å². The van der Waals surface area contributed by atoms with Gasteiger partial charge in [-0.3, -0.25) is 0 Å². The van der Waals surface area contributed by atoms with Crippen LogP contribution in [0, 0.1) is 6.92 Å². The van der Waals surface area contributed by atoms with Gasteiger partial charge in [-0.05, 0) is 19.1 Å². The lowest BCUT2D eigenvalue weighted by molar-refractivity contribution is 0.570. The molecule has 0 amide bonds. The number of hydrogen-bond donors (Lipinski definition) is 1. The van der Waals surface area contributed by atoms with Gasteiger partial charge in [-0.15, -0.1) is 0 Å². The predicted octanol–water partition coefficient (Wildman–Crippen LogP) is 2.87. The third-order valence-electron chi connectivity index (χ3n) is 2.20. The van der Waals surface area contributed by atoms with E-state index in [9.17, 15) is 0 Å². The Balaban J connectivity index is 2.58. The van der Waals surface area contributed by atoms with E-state index in [2.05, 4.69) is 20.9 Å². The predicted molar refractivity (Wildman–Crippen MR) is 62.3 cm³/mol. The van der Waals surface area contributed by atoms with Gasteiger partial charge in [-0.1, -0.05) is 27.6 Å². The lowest BCUT2D eigenvalue weighted by Gasteiger charge is -2.03. The largest absolute Gasteiger partial charge is 0.443 e. The number of nitrogens with zero attached hydrogens (tertiary/aromatic N) is 1. The van der Waals surface area contributed by atoms with Crippen LogP contribution in [0.5, 0.6) is 0 Å². The Morgan fingerprint density at radius 2 is 2.27 bits per heavy atom. The second-order valence-corrected chi connectivity index (χ2v) is 4.17. The molecule has 3 nitrogen and oxygen atoms in total. The molecule has 0 spiro atoms. The van der Waals surface area contributed by atoms with Crippen molar-refractivity contribution in [2.24, 2.45) is 5.73 Å². The number of rotatable bonds is 2. The van der Waals surface area contributed by atoms with Crippen LogP contribution in [-0.4, -0.2) is 4.98 Å². The minimum absolute atomic E-state index is 0.381. The SMILES string of the molecule is Cc1ccc(Br)c(-c2ocnc2CN)c1. The van der Waals surface area contributed by atoms with Crippen LogP contribution >= 0.6 is 15.9 Å². The zero-order chi connectivity index (χ0) is 10.8. The molecule has 0 radical (unpaired) electrons. The second-order valence-electron chi connectivity index (χ2n) is 3.32. The van der Waals surface area contributed by atoms with E-state index in [4.69, 9.17) is 10.2 Å². The number of nitrogens with two attached hydrogens (primary N) is 1. The van der Waals surface area contributed by atoms with Crippen LogP contribution in [0.2, 0.25) is 0 Å². The highest BCUT2D eigenvalue weighted by Crippen LogP contribution is 2.31. The van der Waals surface area contributed by atoms with Crippen LogP contribution in [-0.2, 0) is 6.54 Å². The Kier molecular flexibility index (Phi) is 2.88. The summed E-state index contributed by atoms with van der Waals surface area (Å²) in [5.41, 5.74) is 8.53. The quantitative estimate of drug-likeness (QED) is 0.910. The fourth-order valence-electron chi connectivity index (χ4n) is 1.45. The lowest BCUT2D eigenvalue weighted by Crippen LogP contribution is -1.98. The highest BCUT2D eigenvalue weighted by Gasteiger charge is 2.12. The number of aromatic nitrogens is 1. The number of oxazole rings is 1. The first-order chi connectivity index (χ1) is 7.22. The minimum atomic E-state index is 0.381. The number of halogens is 1. The van der Waals surface area contributed by atoms with Crippen molar-refractivity contribution < 1.29 is 4.42 Å². The lowest BCUT2D eigenvalue weighted by atomic mass is 10.1. The van der Waals surface area contributed by atoms with Gasteiger partial charge in [0.1, 0.15) is 5.69 Å². The van der Waals surface area contributed by atoms with E-state index in [1.165, 1.54) is 12.0 Å². The van der Waals surface area contributed by atoms with Crippen LogP contribution < -0.4 is 5.73 Å². The van der Waals surface area contributed by atoms with Crippen LogP contribution in [0.4, 0.5) is 0 Å². The first-order valence-electron chi connectivity index (χ1n) is 4.61. The van der Waals surface area contributed by atoms with Gasteiger partial charge in [-0.25, -0.2) is 4.98 Å². The minimum Gasteiger partial charge on any atom is -0.443 e.